The molecule has 0 unspecified atom stereocenters. The third-order valence-electron chi connectivity index (χ3n) is 1.61. The molecular formula is C8H9N7. The number of guanidine groups is 1. The van der Waals surface area contributed by atoms with E-state index in [0.29, 0.717) is 11.5 Å². The highest BCUT2D eigenvalue weighted by Gasteiger charge is 2.04. The highest BCUT2D eigenvalue weighted by atomic mass is 15.3. The zero-order chi connectivity index (χ0) is 10.7. The van der Waals surface area contributed by atoms with Gasteiger partial charge in [-0.1, -0.05) is 6.07 Å². The lowest BCUT2D eigenvalue weighted by Crippen LogP contribution is -2.22. The van der Waals surface area contributed by atoms with Gasteiger partial charge in [-0.25, -0.2) is 0 Å². The number of nitrogens with zero attached hydrogens (tertiary/aromatic N) is 4. The molecule has 15 heavy (non-hydrogen) atoms. The van der Waals surface area contributed by atoms with Crippen LogP contribution in [0.1, 0.15) is 0 Å². The molecule has 0 amide bonds. The smallest absolute Gasteiger partial charge is 0.271 e. The predicted octanol–water partition coefficient (Wildman–Crippen LogP) is -0.228. The molecule has 2 rings (SSSR count). The van der Waals surface area contributed by atoms with Crippen molar-refractivity contribution in [1.29, 1.82) is 0 Å². The number of hydrogen-bond acceptors (Lipinski definition) is 4. The fourth-order valence-electron chi connectivity index (χ4n) is 1.04. The van der Waals surface area contributed by atoms with E-state index in [2.05, 4.69) is 25.2 Å². The maximum Gasteiger partial charge on any atom is 0.271 e. The van der Waals surface area contributed by atoms with Gasteiger partial charge in [0.1, 0.15) is 5.69 Å². The highest BCUT2D eigenvalue weighted by Crippen LogP contribution is 2.13. The molecule has 2 heterocycles. The van der Waals surface area contributed by atoms with Crippen molar-refractivity contribution in [2.45, 2.75) is 0 Å². The minimum absolute atomic E-state index is 0.0819. The van der Waals surface area contributed by atoms with Gasteiger partial charge >= 0.3 is 0 Å². The van der Waals surface area contributed by atoms with Gasteiger partial charge < -0.3 is 11.5 Å². The molecule has 0 aliphatic rings. The van der Waals surface area contributed by atoms with Crippen molar-refractivity contribution in [2.75, 3.05) is 0 Å². The predicted molar refractivity (Wildman–Crippen MR) is 55.1 cm³/mol. The van der Waals surface area contributed by atoms with Crippen LogP contribution >= 0.6 is 0 Å². The molecule has 0 aliphatic heterocycles. The van der Waals surface area contributed by atoms with E-state index >= 15 is 0 Å². The number of aromatic nitrogens is 4. The number of nitrogens with one attached hydrogen (secondary N) is 1. The molecule has 2 aromatic heterocycles. The Bertz CT molecular complexity index is 469. The number of H-pyrrole nitrogens is 1. The van der Waals surface area contributed by atoms with Gasteiger partial charge in [-0.15, -0.1) is 5.10 Å². The fraction of sp³-hybridized carbons (Fsp3) is 0. The minimum Gasteiger partial charge on any atom is -0.370 e. The van der Waals surface area contributed by atoms with Crippen LogP contribution in [0.2, 0.25) is 0 Å². The second-order valence-electron chi connectivity index (χ2n) is 2.74. The number of aliphatic imine (C=N–C) groups is 1. The largest absolute Gasteiger partial charge is 0.370 e. The second-order valence-corrected chi connectivity index (χ2v) is 2.74. The standard InChI is InChI=1S/C8H9N7/c9-7(10)13-8-12-6(14-15-8)5-3-1-2-4-11-5/h1-4H,(H5,9,10,12,13,14,15). The van der Waals surface area contributed by atoms with E-state index in [1.54, 1.807) is 12.3 Å². The average Bonchev–Trinajstić information content (AvgIpc) is 2.67. The molecule has 7 heteroatoms. The Kier molecular flexibility index (Phi) is 2.28. The van der Waals surface area contributed by atoms with Crippen LogP contribution in [-0.4, -0.2) is 26.1 Å². The van der Waals surface area contributed by atoms with Crippen molar-refractivity contribution in [3.8, 4) is 11.5 Å². The Labute approximate surface area is 85.3 Å². The molecule has 0 fully saturated rings. The number of nitrogens with two attached hydrogens (primary N) is 2. The Morgan fingerprint density at radius 1 is 1.33 bits per heavy atom. The molecule has 0 radical (unpaired) electrons. The van der Waals surface area contributed by atoms with E-state index in [1.807, 2.05) is 12.1 Å². The van der Waals surface area contributed by atoms with Crippen LogP contribution in [0, 0.1) is 0 Å². The van der Waals surface area contributed by atoms with Crippen LogP contribution in [0.5, 0.6) is 0 Å². The summed E-state index contributed by atoms with van der Waals surface area (Å²) in [6.07, 6.45) is 1.66. The fourth-order valence-corrected chi connectivity index (χ4v) is 1.04. The van der Waals surface area contributed by atoms with Gasteiger partial charge in [-0.3, -0.25) is 10.1 Å². The van der Waals surface area contributed by atoms with Gasteiger partial charge in [0.25, 0.3) is 5.95 Å². The van der Waals surface area contributed by atoms with Crippen LogP contribution in [0.3, 0.4) is 0 Å². The summed E-state index contributed by atoms with van der Waals surface area (Å²) in [6.45, 7) is 0. The third kappa shape index (κ3) is 2.08. The van der Waals surface area contributed by atoms with Crippen molar-refractivity contribution in [1.82, 2.24) is 20.2 Å². The molecule has 0 aliphatic carbocycles. The third-order valence-corrected chi connectivity index (χ3v) is 1.61. The van der Waals surface area contributed by atoms with E-state index in [0.717, 1.165) is 0 Å². The topological polar surface area (TPSA) is 119 Å². The summed E-state index contributed by atoms with van der Waals surface area (Å²) < 4.78 is 0. The van der Waals surface area contributed by atoms with E-state index in [1.165, 1.54) is 0 Å². The van der Waals surface area contributed by atoms with Crippen molar-refractivity contribution >= 4 is 11.9 Å². The quantitative estimate of drug-likeness (QED) is 0.460. The Morgan fingerprint density at radius 3 is 2.87 bits per heavy atom. The summed E-state index contributed by atoms with van der Waals surface area (Å²) in [4.78, 5) is 11.8. The van der Waals surface area contributed by atoms with Crippen LogP contribution in [0.15, 0.2) is 29.4 Å². The summed E-state index contributed by atoms with van der Waals surface area (Å²) in [5.74, 6) is 0.632. The molecule has 0 saturated heterocycles. The Balaban J connectivity index is 2.32. The van der Waals surface area contributed by atoms with Gasteiger partial charge in [0.05, 0.1) is 0 Å². The summed E-state index contributed by atoms with van der Waals surface area (Å²) in [5, 5.41) is 6.49. The first-order chi connectivity index (χ1) is 7.25. The SMILES string of the molecule is NC(N)=Nc1n[nH]c(-c2ccccn2)n1. The Hall–Kier alpha value is -2.44. The van der Waals surface area contributed by atoms with Crippen LogP contribution in [-0.2, 0) is 0 Å². The van der Waals surface area contributed by atoms with Crippen molar-refractivity contribution in [2.24, 2.45) is 16.5 Å². The molecule has 0 aromatic carbocycles. The molecule has 5 N–H and O–H groups in total. The maximum atomic E-state index is 5.19. The normalized spacial score (nSPS) is 9.87. The first-order valence-corrected chi connectivity index (χ1v) is 4.19. The molecular weight excluding hydrogens is 194 g/mol. The number of pyridine rings is 1. The number of hydrogen-bond donors (Lipinski definition) is 3. The van der Waals surface area contributed by atoms with Gasteiger partial charge in [-0.2, -0.15) is 9.98 Å². The van der Waals surface area contributed by atoms with Gasteiger partial charge in [-0.05, 0) is 12.1 Å². The van der Waals surface area contributed by atoms with Crippen LogP contribution < -0.4 is 11.5 Å². The van der Waals surface area contributed by atoms with Crippen molar-refractivity contribution < 1.29 is 0 Å². The summed E-state index contributed by atoms with van der Waals surface area (Å²) in [7, 11) is 0. The van der Waals surface area contributed by atoms with Gasteiger partial charge in [0.2, 0.25) is 0 Å². The van der Waals surface area contributed by atoms with Gasteiger partial charge in [0, 0.05) is 6.20 Å². The number of rotatable bonds is 2. The van der Waals surface area contributed by atoms with Crippen LogP contribution in [0.4, 0.5) is 5.95 Å². The van der Waals surface area contributed by atoms with Crippen LogP contribution in [0.25, 0.3) is 11.5 Å². The molecule has 0 atom stereocenters. The molecule has 0 bridgehead atoms. The van der Waals surface area contributed by atoms with E-state index in [9.17, 15) is 0 Å². The Morgan fingerprint density at radius 2 is 2.20 bits per heavy atom. The first kappa shape index (κ1) is 9.13. The van der Waals surface area contributed by atoms with Crippen molar-refractivity contribution in [3.05, 3.63) is 24.4 Å². The second kappa shape index (κ2) is 3.74. The molecule has 0 saturated carbocycles. The zero-order valence-corrected chi connectivity index (χ0v) is 7.75. The lowest BCUT2D eigenvalue weighted by atomic mass is 10.3. The molecule has 0 spiro atoms. The highest BCUT2D eigenvalue weighted by molar-refractivity contribution is 5.78. The average molecular weight is 203 g/mol. The van der Waals surface area contributed by atoms with E-state index in [-0.39, 0.29) is 11.9 Å². The van der Waals surface area contributed by atoms with Crippen molar-refractivity contribution in [3.63, 3.8) is 0 Å². The minimum atomic E-state index is -0.0819. The molecule has 76 valence electrons. The summed E-state index contributed by atoms with van der Waals surface area (Å²) >= 11 is 0. The van der Waals surface area contributed by atoms with E-state index in [4.69, 9.17) is 11.5 Å². The maximum absolute atomic E-state index is 5.19. The zero-order valence-electron chi connectivity index (χ0n) is 7.75. The van der Waals surface area contributed by atoms with Gasteiger partial charge in [0.15, 0.2) is 11.8 Å². The lowest BCUT2D eigenvalue weighted by Gasteiger charge is -1.91. The number of aromatic amines is 1. The molecule has 2 aromatic rings. The lowest BCUT2D eigenvalue weighted by molar-refractivity contribution is 1.08. The van der Waals surface area contributed by atoms with E-state index < -0.39 is 0 Å². The summed E-state index contributed by atoms with van der Waals surface area (Å²) in [5.41, 5.74) is 11.1. The first-order valence-electron chi connectivity index (χ1n) is 4.19. The monoisotopic (exact) mass is 203 g/mol. The molecule has 7 nitrogen and oxygen atoms in total. The summed E-state index contributed by atoms with van der Waals surface area (Å²) in [6, 6.07) is 5.47.